The van der Waals surface area contributed by atoms with E-state index >= 15 is 0 Å². The van der Waals surface area contributed by atoms with Crippen LogP contribution in [0, 0.1) is 5.82 Å². The Balaban J connectivity index is 1.95. The van der Waals surface area contributed by atoms with Gasteiger partial charge in [-0.3, -0.25) is 4.79 Å². The Morgan fingerprint density at radius 1 is 1.05 bits per heavy atom. The number of ketones is 1. The number of benzene rings is 2. The maximum Gasteiger partial charge on any atom is 0.167 e. The van der Waals surface area contributed by atoms with Crippen molar-refractivity contribution in [2.75, 3.05) is 0 Å². The Labute approximate surface area is 117 Å². The number of hydrogen-bond donors (Lipinski definition) is 0. The van der Waals surface area contributed by atoms with Gasteiger partial charge < -0.3 is 0 Å². The molecule has 0 heterocycles. The lowest BCUT2D eigenvalue weighted by molar-refractivity contribution is 0.0976. The number of rotatable bonds is 5. The molecule has 0 aliphatic heterocycles. The van der Waals surface area contributed by atoms with Crippen LogP contribution in [-0.4, -0.2) is 5.78 Å². The van der Waals surface area contributed by atoms with Gasteiger partial charge in [0.15, 0.2) is 5.78 Å². The van der Waals surface area contributed by atoms with Crippen molar-refractivity contribution in [3.63, 3.8) is 0 Å². The molecule has 0 aliphatic carbocycles. The van der Waals surface area contributed by atoms with E-state index < -0.39 is 5.82 Å². The average Bonchev–Trinajstić information content (AvgIpc) is 2.40. The molecule has 0 saturated heterocycles. The third-order valence-corrected chi connectivity index (χ3v) is 3.27. The van der Waals surface area contributed by atoms with Crippen LogP contribution in [0.1, 0.15) is 28.8 Å². The summed E-state index contributed by atoms with van der Waals surface area (Å²) in [4.78, 5) is 12.0. The molecule has 0 unspecified atom stereocenters. The van der Waals surface area contributed by atoms with Gasteiger partial charge >= 0.3 is 0 Å². The van der Waals surface area contributed by atoms with Gasteiger partial charge in [0, 0.05) is 6.42 Å². The van der Waals surface area contributed by atoms with Crippen molar-refractivity contribution in [1.82, 2.24) is 0 Å². The van der Waals surface area contributed by atoms with Gasteiger partial charge in [-0.1, -0.05) is 48.0 Å². The zero-order valence-electron chi connectivity index (χ0n) is 10.4. The summed E-state index contributed by atoms with van der Waals surface area (Å²) >= 11 is 5.86. The third-order valence-electron chi connectivity index (χ3n) is 2.95. The predicted molar refractivity (Wildman–Crippen MR) is 75.1 cm³/mol. The lowest BCUT2D eigenvalue weighted by Crippen LogP contribution is -2.04. The molecule has 98 valence electrons. The van der Waals surface area contributed by atoms with E-state index in [1.165, 1.54) is 23.8 Å². The van der Waals surface area contributed by atoms with Crippen molar-refractivity contribution in [3.8, 4) is 0 Å². The van der Waals surface area contributed by atoms with Crippen LogP contribution in [0.5, 0.6) is 0 Å². The maximum atomic E-state index is 13.5. The summed E-state index contributed by atoms with van der Waals surface area (Å²) in [6.07, 6.45) is 1.79. The quantitative estimate of drug-likeness (QED) is 0.725. The Morgan fingerprint density at radius 3 is 2.47 bits per heavy atom. The average molecular weight is 277 g/mol. The first-order valence-electron chi connectivity index (χ1n) is 6.19. The van der Waals surface area contributed by atoms with Gasteiger partial charge in [-0.05, 0) is 30.5 Å². The number of carbonyl (C=O) groups excluding carboxylic acids is 1. The minimum atomic E-state index is -0.544. The molecule has 0 spiro atoms. The van der Waals surface area contributed by atoms with Gasteiger partial charge in [-0.25, -0.2) is 4.39 Å². The second-order valence-electron chi connectivity index (χ2n) is 4.36. The SMILES string of the molecule is O=C(CCCc1ccccc1)c1c(F)cccc1Cl. The lowest BCUT2D eigenvalue weighted by atomic mass is 10.0. The molecule has 0 fully saturated rings. The molecule has 2 aromatic rings. The molecule has 0 N–H and O–H groups in total. The van der Waals surface area contributed by atoms with E-state index in [2.05, 4.69) is 0 Å². The van der Waals surface area contributed by atoms with Crippen molar-refractivity contribution >= 4 is 17.4 Å². The number of Topliss-reactive ketones (excluding diaryl/α,β-unsaturated/α-hetero) is 1. The molecule has 2 rings (SSSR count). The molecule has 0 aliphatic rings. The Bertz CT molecular complexity index is 546. The number of carbonyl (C=O) groups is 1. The van der Waals surface area contributed by atoms with Crippen LogP contribution in [0.25, 0.3) is 0 Å². The molecular formula is C16H14ClFO. The summed E-state index contributed by atoms with van der Waals surface area (Å²) < 4.78 is 13.5. The fourth-order valence-corrected chi connectivity index (χ4v) is 2.26. The standard InChI is InChI=1S/C16H14ClFO/c17-13-9-5-10-14(18)16(13)15(19)11-4-8-12-6-2-1-3-7-12/h1-3,5-7,9-10H,4,8,11H2. The van der Waals surface area contributed by atoms with Crippen LogP contribution in [0.2, 0.25) is 5.02 Å². The summed E-state index contributed by atoms with van der Waals surface area (Å²) in [5.74, 6) is -0.781. The minimum absolute atomic E-state index is 0.0113. The first kappa shape index (κ1) is 13.8. The highest BCUT2D eigenvalue weighted by Gasteiger charge is 2.14. The summed E-state index contributed by atoms with van der Waals surface area (Å²) in [5, 5.41) is 0.185. The highest BCUT2D eigenvalue weighted by molar-refractivity contribution is 6.34. The van der Waals surface area contributed by atoms with Crippen LogP contribution >= 0.6 is 11.6 Å². The van der Waals surface area contributed by atoms with Crippen LogP contribution < -0.4 is 0 Å². The topological polar surface area (TPSA) is 17.1 Å². The summed E-state index contributed by atoms with van der Waals surface area (Å²) in [6, 6.07) is 14.2. The van der Waals surface area contributed by atoms with Crippen molar-refractivity contribution < 1.29 is 9.18 Å². The van der Waals surface area contributed by atoms with E-state index in [0.29, 0.717) is 12.8 Å². The molecular weight excluding hydrogens is 263 g/mol. The Kier molecular flexibility index (Phi) is 4.69. The molecule has 0 amide bonds. The molecule has 0 aromatic heterocycles. The van der Waals surface area contributed by atoms with Gasteiger partial charge in [-0.2, -0.15) is 0 Å². The smallest absolute Gasteiger partial charge is 0.167 e. The maximum absolute atomic E-state index is 13.5. The van der Waals surface area contributed by atoms with Gasteiger partial charge in [0.25, 0.3) is 0 Å². The number of halogens is 2. The minimum Gasteiger partial charge on any atom is -0.294 e. The highest BCUT2D eigenvalue weighted by Crippen LogP contribution is 2.21. The van der Waals surface area contributed by atoms with Gasteiger partial charge in [0.2, 0.25) is 0 Å². The van der Waals surface area contributed by atoms with Crippen molar-refractivity contribution in [2.45, 2.75) is 19.3 Å². The molecule has 0 radical (unpaired) electrons. The van der Waals surface area contributed by atoms with Gasteiger partial charge in [0.05, 0.1) is 10.6 Å². The molecule has 0 saturated carbocycles. The van der Waals surface area contributed by atoms with E-state index in [-0.39, 0.29) is 16.4 Å². The van der Waals surface area contributed by atoms with E-state index in [0.717, 1.165) is 6.42 Å². The molecule has 2 aromatic carbocycles. The first-order chi connectivity index (χ1) is 9.18. The van der Waals surface area contributed by atoms with Crippen molar-refractivity contribution in [3.05, 3.63) is 70.5 Å². The fraction of sp³-hybridized carbons (Fsp3) is 0.188. The zero-order chi connectivity index (χ0) is 13.7. The van der Waals surface area contributed by atoms with Crippen LogP contribution in [0.15, 0.2) is 48.5 Å². The third kappa shape index (κ3) is 3.65. The summed E-state index contributed by atoms with van der Waals surface area (Å²) in [6.45, 7) is 0. The number of aryl methyl sites for hydroxylation is 1. The van der Waals surface area contributed by atoms with Crippen LogP contribution in [0.4, 0.5) is 4.39 Å². The predicted octanol–water partition coefficient (Wildman–Crippen LogP) is 4.68. The molecule has 0 bridgehead atoms. The molecule has 19 heavy (non-hydrogen) atoms. The van der Waals surface area contributed by atoms with E-state index in [9.17, 15) is 9.18 Å². The van der Waals surface area contributed by atoms with E-state index in [4.69, 9.17) is 11.6 Å². The first-order valence-corrected chi connectivity index (χ1v) is 6.57. The molecule has 1 nitrogen and oxygen atoms in total. The zero-order valence-corrected chi connectivity index (χ0v) is 11.2. The normalized spacial score (nSPS) is 10.4. The van der Waals surface area contributed by atoms with Crippen LogP contribution in [-0.2, 0) is 6.42 Å². The fourth-order valence-electron chi connectivity index (χ4n) is 1.99. The van der Waals surface area contributed by atoms with E-state index in [1.807, 2.05) is 30.3 Å². The van der Waals surface area contributed by atoms with Crippen LogP contribution in [0.3, 0.4) is 0 Å². The molecule has 0 atom stereocenters. The summed E-state index contributed by atoms with van der Waals surface area (Å²) in [5.41, 5.74) is 1.19. The van der Waals surface area contributed by atoms with Gasteiger partial charge in [0.1, 0.15) is 5.82 Å². The second-order valence-corrected chi connectivity index (χ2v) is 4.77. The number of hydrogen-bond acceptors (Lipinski definition) is 1. The van der Waals surface area contributed by atoms with Gasteiger partial charge in [-0.15, -0.1) is 0 Å². The Morgan fingerprint density at radius 2 is 1.79 bits per heavy atom. The largest absolute Gasteiger partial charge is 0.294 e. The van der Waals surface area contributed by atoms with Crippen molar-refractivity contribution in [1.29, 1.82) is 0 Å². The second kappa shape index (κ2) is 6.48. The summed E-state index contributed by atoms with van der Waals surface area (Å²) in [7, 11) is 0. The highest BCUT2D eigenvalue weighted by atomic mass is 35.5. The molecule has 3 heteroatoms. The van der Waals surface area contributed by atoms with E-state index in [1.54, 1.807) is 0 Å². The van der Waals surface area contributed by atoms with Crippen molar-refractivity contribution in [2.24, 2.45) is 0 Å². The Hall–Kier alpha value is -1.67. The monoisotopic (exact) mass is 276 g/mol. The lowest BCUT2D eigenvalue weighted by Gasteiger charge is -2.05.